The number of rotatable bonds is 12. The summed E-state index contributed by atoms with van der Waals surface area (Å²) in [6, 6.07) is 10.4. The number of hydrogen-bond donors (Lipinski definition) is 0. The van der Waals surface area contributed by atoms with E-state index in [4.69, 9.17) is 9.47 Å². The van der Waals surface area contributed by atoms with Crippen LogP contribution in [0.4, 0.5) is 0 Å². The highest BCUT2D eigenvalue weighted by Gasteiger charge is 2.33. The van der Waals surface area contributed by atoms with Crippen LogP contribution in [0, 0.1) is 50.4 Å². The van der Waals surface area contributed by atoms with Crippen LogP contribution < -0.4 is 9.47 Å². The summed E-state index contributed by atoms with van der Waals surface area (Å²) >= 11 is 0. The zero-order valence-corrected chi connectivity index (χ0v) is 25.5. The lowest BCUT2D eigenvalue weighted by Crippen LogP contribution is -2.35. The van der Waals surface area contributed by atoms with Gasteiger partial charge in [0.15, 0.2) is 5.60 Å². The first-order valence-corrected chi connectivity index (χ1v) is 15.1. The fourth-order valence-corrected chi connectivity index (χ4v) is 5.62. The maximum absolute atomic E-state index is 6.65. The zero-order chi connectivity index (χ0) is 27.7. The van der Waals surface area contributed by atoms with Gasteiger partial charge in [-0.1, -0.05) is 102 Å². The van der Waals surface area contributed by atoms with E-state index in [9.17, 15) is 0 Å². The van der Waals surface area contributed by atoms with Crippen molar-refractivity contribution in [3.05, 3.63) is 58.1 Å². The molecule has 0 amide bonds. The second-order valence-corrected chi connectivity index (χ2v) is 12.6. The largest absolute Gasteiger partial charge is 0.488 e. The molecule has 2 heteroatoms. The highest BCUT2D eigenvalue weighted by Crippen LogP contribution is 2.43. The molecule has 0 fully saturated rings. The molecule has 2 aromatic rings. The molecular formula is C36H52O2. The van der Waals surface area contributed by atoms with E-state index in [0.29, 0.717) is 12.5 Å². The second kappa shape index (κ2) is 14.1. The summed E-state index contributed by atoms with van der Waals surface area (Å²) in [5.74, 6) is 11.4. The van der Waals surface area contributed by atoms with Crippen molar-refractivity contribution in [2.24, 2.45) is 17.8 Å². The van der Waals surface area contributed by atoms with Crippen LogP contribution in [-0.4, -0.2) is 5.60 Å². The maximum Gasteiger partial charge on any atom is 0.166 e. The van der Waals surface area contributed by atoms with Crippen LogP contribution >= 0.6 is 0 Å². The number of ether oxygens (including phenoxy) is 2. The van der Waals surface area contributed by atoms with E-state index in [-0.39, 0.29) is 0 Å². The molecule has 0 aliphatic carbocycles. The lowest BCUT2D eigenvalue weighted by molar-refractivity contribution is 0.122. The Hall–Kier alpha value is -2.40. The van der Waals surface area contributed by atoms with Gasteiger partial charge in [-0.25, -0.2) is 0 Å². The van der Waals surface area contributed by atoms with Crippen molar-refractivity contribution in [2.45, 2.75) is 125 Å². The van der Waals surface area contributed by atoms with Gasteiger partial charge < -0.3 is 9.47 Å². The smallest absolute Gasteiger partial charge is 0.166 e. The van der Waals surface area contributed by atoms with Crippen molar-refractivity contribution >= 4 is 0 Å². The molecule has 0 saturated heterocycles. The van der Waals surface area contributed by atoms with Crippen molar-refractivity contribution < 1.29 is 9.47 Å². The quantitative estimate of drug-likeness (QED) is 0.261. The number of hydrogen-bond acceptors (Lipinski definition) is 2. The minimum Gasteiger partial charge on any atom is -0.488 e. The Morgan fingerprint density at radius 3 is 2.21 bits per heavy atom. The molecule has 1 aliphatic rings. The van der Waals surface area contributed by atoms with Gasteiger partial charge >= 0.3 is 0 Å². The molecule has 208 valence electrons. The minimum absolute atomic E-state index is 0.423. The van der Waals surface area contributed by atoms with Crippen molar-refractivity contribution in [3.63, 3.8) is 0 Å². The van der Waals surface area contributed by atoms with Gasteiger partial charge in [0.05, 0.1) is 0 Å². The molecule has 2 nitrogen and oxygen atoms in total. The normalized spacial score (nSPS) is 18.2. The second-order valence-electron chi connectivity index (χ2n) is 12.6. The molecule has 3 unspecified atom stereocenters. The summed E-state index contributed by atoms with van der Waals surface area (Å²) < 4.78 is 13.0. The summed E-state index contributed by atoms with van der Waals surface area (Å²) in [5.41, 5.74) is 5.60. The molecule has 0 saturated carbocycles. The first-order valence-electron chi connectivity index (χ1n) is 15.1. The van der Waals surface area contributed by atoms with Crippen LogP contribution in [0.5, 0.6) is 11.5 Å². The summed E-state index contributed by atoms with van der Waals surface area (Å²) in [7, 11) is 0. The minimum atomic E-state index is -0.423. The van der Waals surface area contributed by atoms with Gasteiger partial charge in [-0.15, -0.1) is 0 Å². The zero-order valence-electron chi connectivity index (χ0n) is 25.5. The van der Waals surface area contributed by atoms with Crippen molar-refractivity contribution in [3.8, 4) is 23.3 Å². The van der Waals surface area contributed by atoms with Crippen LogP contribution in [0.3, 0.4) is 0 Å². The monoisotopic (exact) mass is 516 g/mol. The first kappa shape index (κ1) is 30.1. The van der Waals surface area contributed by atoms with E-state index in [0.717, 1.165) is 42.6 Å². The maximum atomic E-state index is 6.65. The Bertz CT molecular complexity index is 1090. The Morgan fingerprint density at radius 1 is 0.868 bits per heavy atom. The molecule has 0 aromatic heterocycles. The van der Waals surface area contributed by atoms with E-state index < -0.39 is 5.60 Å². The van der Waals surface area contributed by atoms with Crippen LogP contribution in [0.25, 0.3) is 0 Å². The van der Waals surface area contributed by atoms with Gasteiger partial charge in [-0.2, -0.15) is 0 Å². The van der Waals surface area contributed by atoms with Crippen LogP contribution in [0.15, 0.2) is 30.3 Å². The lowest BCUT2D eigenvalue weighted by atomic mass is 9.87. The summed E-state index contributed by atoms with van der Waals surface area (Å²) in [6.45, 7) is 18.7. The van der Waals surface area contributed by atoms with Crippen LogP contribution in [0.2, 0.25) is 0 Å². The Morgan fingerprint density at radius 2 is 1.53 bits per heavy atom. The SMILES string of the molecule is Cc1c(C)c2c(c(C)c1OCc1ccccc1)CCC(C)(C#CCC(C)CCCC(C)CCCC(C)C)O2. The molecule has 1 aliphatic heterocycles. The highest BCUT2D eigenvalue weighted by atomic mass is 16.5. The number of fused-ring (bicyclic) bond motifs is 1. The van der Waals surface area contributed by atoms with Crippen molar-refractivity contribution in [1.29, 1.82) is 0 Å². The van der Waals surface area contributed by atoms with E-state index in [2.05, 4.69) is 91.5 Å². The van der Waals surface area contributed by atoms with Gasteiger partial charge in [-0.05, 0) is 80.5 Å². The predicted octanol–water partition coefficient (Wildman–Crippen LogP) is 9.94. The van der Waals surface area contributed by atoms with E-state index in [1.807, 2.05) is 6.07 Å². The average Bonchev–Trinajstić information content (AvgIpc) is 2.87. The third-order valence-electron chi connectivity index (χ3n) is 8.39. The molecule has 3 atom stereocenters. The third kappa shape index (κ3) is 8.56. The topological polar surface area (TPSA) is 18.5 Å². The first-order chi connectivity index (χ1) is 18.1. The van der Waals surface area contributed by atoms with Crippen molar-refractivity contribution in [2.75, 3.05) is 0 Å². The molecule has 1 heterocycles. The van der Waals surface area contributed by atoms with E-state index >= 15 is 0 Å². The van der Waals surface area contributed by atoms with Gasteiger partial charge in [0.1, 0.15) is 18.1 Å². The fraction of sp³-hybridized carbons (Fsp3) is 0.611. The van der Waals surface area contributed by atoms with E-state index in [1.54, 1.807) is 0 Å². The Balaban J connectivity index is 1.55. The summed E-state index contributed by atoms with van der Waals surface area (Å²) in [6.07, 6.45) is 10.9. The fourth-order valence-electron chi connectivity index (χ4n) is 5.62. The highest BCUT2D eigenvalue weighted by molar-refractivity contribution is 5.59. The van der Waals surface area contributed by atoms with Crippen LogP contribution in [0.1, 0.15) is 114 Å². The standard InChI is InChI=1S/C36H52O2/c1-26(2)15-12-16-27(3)17-13-18-28(4)19-14-23-36(8)24-22-33-31(7)34(29(5)30(6)35(33)38-36)37-25-32-20-10-9-11-21-32/h9-11,20-21,26-28H,12-13,15-19,22,24-25H2,1-8H3. The molecule has 0 radical (unpaired) electrons. The summed E-state index contributed by atoms with van der Waals surface area (Å²) in [5, 5.41) is 0. The summed E-state index contributed by atoms with van der Waals surface area (Å²) in [4.78, 5) is 0. The molecular weight excluding hydrogens is 464 g/mol. The van der Waals surface area contributed by atoms with Crippen molar-refractivity contribution in [1.82, 2.24) is 0 Å². The van der Waals surface area contributed by atoms with Gasteiger partial charge in [0.2, 0.25) is 0 Å². The molecule has 0 spiro atoms. The molecule has 3 rings (SSSR count). The Kier molecular flexibility index (Phi) is 11.2. The van der Waals surface area contributed by atoms with Gasteiger partial charge in [0.25, 0.3) is 0 Å². The predicted molar refractivity (Wildman–Crippen MR) is 162 cm³/mol. The Labute approximate surface area is 233 Å². The van der Waals surface area contributed by atoms with Gasteiger partial charge in [-0.3, -0.25) is 0 Å². The lowest BCUT2D eigenvalue weighted by Gasteiger charge is -2.35. The van der Waals surface area contributed by atoms with Gasteiger partial charge in [0, 0.05) is 18.4 Å². The van der Waals surface area contributed by atoms with Crippen LogP contribution in [-0.2, 0) is 13.0 Å². The van der Waals surface area contributed by atoms with E-state index in [1.165, 1.54) is 66.3 Å². The molecule has 2 aromatic carbocycles. The molecule has 0 N–H and O–H groups in total. The number of benzene rings is 2. The molecule has 38 heavy (non-hydrogen) atoms. The third-order valence-corrected chi connectivity index (χ3v) is 8.39. The average molecular weight is 517 g/mol. The molecule has 0 bridgehead atoms.